The van der Waals surface area contributed by atoms with Gasteiger partial charge in [-0.25, -0.2) is 4.98 Å². The molecular weight excluding hydrogens is 238 g/mol. The van der Waals surface area contributed by atoms with Crippen molar-refractivity contribution in [2.24, 2.45) is 5.41 Å². The Hall–Kier alpha value is -1.97. The monoisotopic (exact) mass is 257 g/mol. The minimum atomic E-state index is 0.295. The van der Waals surface area contributed by atoms with E-state index in [1.807, 2.05) is 24.3 Å². The molecule has 0 saturated heterocycles. The summed E-state index contributed by atoms with van der Waals surface area (Å²) in [7, 11) is 0. The molecule has 2 aromatic rings. The van der Waals surface area contributed by atoms with Crippen molar-refractivity contribution in [3.05, 3.63) is 36.7 Å². The van der Waals surface area contributed by atoms with Gasteiger partial charge in [0.05, 0.1) is 12.8 Å². The van der Waals surface area contributed by atoms with Gasteiger partial charge in [-0.1, -0.05) is 20.8 Å². The van der Waals surface area contributed by atoms with Crippen LogP contribution >= 0.6 is 0 Å². The lowest BCUT2D eigenvalue weighted by atomic mass is 9.93. The lowest BCUT2D eigenvalue weighted by Gasteiger charge is -2.18. The van der Waals surface area contributed by atoms with Crippen LogP contribution in [0, 0.1) is 5.41 Å². The van der Waals surface area contributed by atoms with Crippen molar-refractivity contribution in [1.82, 2.24) is 15.2 Å². The maximum Gasteiger partial charge on any atom is 0.181 e. The van der Waals surface area contributed by atoms with Gasteiger partial charge < -0.3 is 4.74 Å². The Labute approximate surface area is 113 Å². The highest BCUT2D eigenvalue weighted by Crippen LogP contribution is 2.21. The fourth-order valence-corrected chi connectivity index (χ4v) is 1.56. The zero-order valence-corrected chi connectivity index (χ0v) is 11.6. The number of benzene rings is 1. The molecule has 19 heavy (non-hydrogen) atoms. The maximum atomic E-state index is 5.72. The van der Waals surface area contributed by atoms with E-state index >= 15 is 0 Å². The quantitative estimate of drug-likeness (QED) is 0.842. The van der Waals surface area contributed by atoms with E-state index in [2.05, 4.69) is 36.0 Å². The Kier molecular flexibility index (Phi) is 4.10. The van der Waals surface area contributed by atoms with Crippen molar-refractivity contribution in [3.63, 3.8) is 0 Å². The average Bonchev–Trinajstić information content (AvgIpc) is 2.39. The van der Waals surface area contributed by atoms with Gasteiger partial charge in [-0.2, -0.15) is 5.10 Å². The fraction of sp³-hybridized carbons (Fsp3) is 0.400. The van der Waals surface area contributed by atoms with E-state index in [9.17, 15) is 0 Å². The molecule has 0 aliphatic rings. The van der Waals surface area contributed by atoms with Crippen LogP contribution in [-0.4, -0.2) is 21.8 Å². The van der Waals surface area contributed by atoms with Crippen molar-refractivity contribution >= 4 is 0 Å². The Morgan fingerprint density at radius 1 is 1.05 bits per heavy atom. The molecule has 0 amide bonds. The van der Waals surface area contributed by atoms with E-state index in [1.54, 1.807) is 12.4 Å². The van der Waals surface area contributed by atoms with Gasteiger partial charge in [0, 0.05) is 11.8 Å². The van der Waals surface area contributed by atoms with Crippen LogP contribution in [0.3, 0.4) is 0 Å². The number of hydrogen-bond acceptors (Lipinski definition) is 4. The molecule has 0 aliphatic heterocycles. The van der Waals surface area contributed by atoms with Crippen molar-refractivity contribution < 1.29 is 4.74 Å². The molecule has 0 aliphatic carbocycles. The Morgan fingerprint density at radius 2 is 1.79 bits per heavy atom. The lowest BCUT2D eigenvalue weighted by molar-refractivity contribution is 0.243. The molecule has 4 heteroatoms. The largest absolute Gasteiger partial charge is 0.494 e. The summed E-state index contributed by atoms with van der Waals surface area (Å²) in [5.41, 5.74) is 1.24. The highest BCUT2D eigenvalue weighted by molar-refractivity contribution is 5.55. The van der Waals surface area contributed by atoms with E-state index in [0.29, 0.717) is 11.2 Å². The van der Waals surface area contributed by atoms with E-state index in [1.165, 1.54) is 0 Å². The minimum absolute atomic E-state index is 0.295. The Bertz CT molecular complexity index is 503. The van der Waals surface area contributed by atoms with Crippen molar-refractivity contribution in [2.75, 3.05) is 6.61 Å². The number of nitrogens with zero attached hydrogens (tertiary/aromatic N) is 3. The summed E-state index contributed by atoms with van der Waals surface area (Å²) in [5.74, 6) is 1.50. The first-order chi connectivity index (χ1) is 9.04. The molecule has 0 spiro atoms. The first-order valence-electron chi connectivity index (χ1n) is 6.41. The second-order valence-corrected chi connectivity index (χ2v) is 5.65. The number of aromatic nitrogens is 3. The summed E-state index contributed by atoms with van der Waals surface area (Å²) in [4.78, 5) is 4.16. The van der Waals surface area contributed by atoms with E-state index in [-0.39, 0.29) is 0 Å². The van der Waals surface area contributed by atoms with Gasteiger partial charge in [0.25, 0.3) is 0 Å². The molecule has 0 radical (unpaired) electrons. The van der Waals surface area contributed by atoms with E-state index in [0.717, 1.165) is 24.3 Å². The highest BCUT2D eigenvalue weighted by Gasteiger charge is 2.10. The maximum absolute atomic E-state index is 5.72. The third-order valence-electron chi connectivity index (χ3n) is 2.72. The van der Waals surface area contributed by atoms with Gasteiger partial charge in [0.15, 0.2) is 5.82 Å². The van der Waals surface area contributed by atoms with E-state index in [4.69, 9.17) is 4.74 Å². The molecule has 2 rings (SSSR count). The summed E-state index contributed by atoms with van der Waals surface area (Å²) in [5, 5.41) is 7.79. The van der Waals surface area contributed by atoms with Crippen LogP contribution in [0.4, 0.5) is 0 Å². The first-order valence-corrected chi connectivity index (χ1v) is 6.41. The predicted molar refractivity (Wildman–Crippen MR) is 74.8 cm³/mol. The van der Waals surface area contributed by atoms with Gasteiger partial charge in [-0.3, -0.25) is 0 Å². The van der Waals surface area contributed by atoms with Gasteiger partial charge in [-0.15, -0.1) is 5.10 Å². The van der Waals surface area contributed by atoms with Crippen LogP contribution < -0.4 is 4.74 Å². The molecule has 1 heterocycles. The van der Waals surface area contributed by atoms with Crippen LogP contribution in [0.2, 0.25) is 0 Å². The number of hydrogen-bond donors (Lipinski definition) is 0. The van der Waals surface area contributed by atoms with Crippen LogP contribution in [0.25, 0.3) is 11.4 Å². The van der Waals surface area contributed by atoms with E-state index < -0.39 is 0 Å². The molecular formula is C15H19N3O. The standard InChI is InChI=1S/C15H19N3O/c1-15(2,3)8-11-19-13-6-4-12(5-7-13)14-16-9-10-17-18-14/h4-7,9-10H,8,11H2,1-3H3. The van der Waals surface area contributed by atoms with Crippen LogP contribution in [0.5, 0.6) is 5.75 Å². The third-order valence-corrected chi connectivity index (χ3v) is 2.72. The SMILES string of the molecule is CC(C)(C)CCOc1ccc(-c2nccnn2)cc1. The molecule has 0 N–H and O–H groups in total. The summed E-state index contributed by atoms with van der Waals surface area (Å²) in [6.45, 7) is 7.35. The molecule has 1 aromatic carbocycles. The molecule has 0 bridgehead atoms. The Balaban J connectivity index is 1.96. The second kappa shape index (κ2) is 5.78. The molecule has 100 valence electrons. The van der Waals surface area contributed by atoms with Crippen LogP contribution in [0.1, 0.15) is 27.2 Å². The van der Waals surface area contributed by atoms with Gasteiger partial charge in [0.2, 0.25) is 0 Å². The van der Waals surface area contributed by atoms with Crippen molar-refractivity contribution in [3.8, 4) is 17.1 Å². The smallest absolute Gasteiger partial charge is 0.181 e. The zero-order chi connectivity index (χ0) is 13.7. The second-order valence-electron chi connectivity index (χ2n) is 5.65. The van der Waals surface area contributed by atoms with Crippen molar-refractivity contribution in [2.45, 2.75) is 27.2 Å². The normalized spacial score (nSPS) is 11.3. The van der Waals surface area contributed by atoms with Crippen LogP contribution in [-0.2, 0) is 0 Å². The molecule has 1 aromatic heterocycles. The number of ether oxygens (including phenoxy) is 1. The third kappa shape index (κ3) is 4.32. The lowest BCUT2D eigenvalue weighted by Crippen LogP contribution is -2.11. The Morgan fingerprint density at radius 3 is 2.37 bits per heavy atom. The molecule has 4 nitrogen and oxygen atoms in total. The minimum Gasteiger partial charge on any atom is -0.494 e. The average molecular weight is 257 g/mol. The summed E-state index contributed by atoms with van der Waals surface area (Å²) >= 11 is 0. The van der Waals surface area contributed by atoms with Gasteiger partial charge >= 0.3 is 0 Å². The predicted octanol–water partition coefficient (Wildman–Crippen LogP) is 3.35. The molecule has 0 fully saturated rings. The molecule has 0 unspecified atom stereocenters. The zero-order valence-electron chi connectivity index (χ0n) is 11.6. The summed E-state index contributed by atoms with van der Waals surface area (Å²) < 4.78 is 5.72. The summed E-state index contributed by atoms with van der Waals surface area (Å²) in [6, 6.07) is 7.77. The topological polar surface area (TPSA) is 47.9 Å². The number of rotatable bonds is 4. The molecule has 0 atom stereocenters. The van der Waals surface area contributed by atoms with Gasteiger partial charge in [-0.05, 0) is 36.1 Å². The summed E-state index contributed by atoms with van der Waals surface area (Å²) in [6.07, 6.45) is 4.23. The molecule has 0 saturated carbocycles. The van der Waals surface area contributed by atoms with Gasteiger partial charge in [0.1, 0.15) is 5.75 Å². The highest BCUT2D eigenvalue weighted by atomic mass is 16.5. The first kappa shape index (κ1) is 13.5. The van der Waals surface area contributed by atoms with Crippen LogP contribution in [0.15, 0.2) is 36.7 Å². The fourth-order valence-electron chi connectivity index (χ4n) is 1.56. The van der Waals surface area contributed by atoms with Crippen molar-refractivity contribution in [1.29, 1.82) is 0 Å².